The monoisotopic (exact) mass is 478 g/mol. The molecule has 6 nitrogen and oxygen atoms in total. The highest BCUT2D eigenvalue weighted by molar-refractivity contribution is 5.91. The molecule has 0 saturated carbocycles. The van der Waals surface area contributed by atoms with Crippen molar-refractivity contribution < 1.29 is 18.7 Å². The number of anilines is 1. The molecule has 36 heavy (non-hydrogen) atoms. The van der Waals surface area contributed by atoms with E-state index < -0.39 is 12.0 Å². The molecule has 0 aliphatic carbocycles. The zero-order chi connectivity index (χ0) is 24.7. The van der Waals surface area contributed by atoms with Gasteiger partial charge < -0.3 is 19.4 Å². The number of ether oxygens (including phenoxy) is 1. The Labute approximate surface area is 209 Å². The lowest BCUT2D eigenvalue weighted by atomic mass is 10.00. The molecule has 4 aromatic rings. The molecular weight excluding hydrogens is 452 g/mol. The van der Waals surface area contributed by atoms with Crippen LogP contribution in [0.2, 0.25) is 0 Å². The summed E-state index contributed by atoms with van der Waals surface area (Å²) in [6.45, 7) is 0.0118. The molecule has 0 spiro atoms. The van der Waals surface area contributed by atoms with E-state index in [-0.39, 0.29) is 24.6 Å². The first-order chi connectivity index (χ1) is 17.7. The predicted molar refractivity (Wildman–Crippen MR) is 137 cm³/mol. The van der Waals surface area contributed by atoms with Crippen molar-refractivity contribution in [2.45, 2.75) is 18.1 Å². The number of para-hydroxylation sites is 1. The fraction of sp³-hybridized carbons (Fsp3) is 0.133. The molecule has 0 radical (unpaired) electrons. The van der Waals surface area contributed by atoms with Crippen molar-refractivity contribution in [3.05, 3.63) is 138 Å². The number of hydrogen-bond acceptors (Lipinski definition) is 5. The Kier molecular flexibility index (Phi) is 6.94. The van der Waals surface area contributed by atoms with Gasteiger partial charge in [-0.25, -0.2) is 4.79 Å². The average molecular weight is 479 g/mol. The Bertz CT molecular complexity index is 1310. The van der Waals surface area contributed by atoms with E-state index in [1.807, 2.05) is 84.9 Å². The molecule has 0 saturated heterocycles. The molecule has 3 atom stereocenters. The van der Waals surface area contributed by atoms with Crippen LogP contribution >= 0.6 is 0 Å². The molecule has 2 heterocycles. The molecule has 0 unspecified atom stereocenters. The summed E-state index contributed by atoms with van der Waals surface area (Å²) in [5, 5.41) is 3.52. The third kappa shape index (κ3) is 5.08. The van der Waals surface area contributed by atoms with E-state index in [0.717, 1.165) is 11.3 Å². The van der Waals surface area contributed by atoms with Crippen molar-refractivity contribution in [1.82, 2.24) is 4.90 Å². The molecule has 0 bridgehead atoms. The lowest BCUT2D eigenvalue weighted by Crippen LogP contribution is -2.44. The van der Waals surface area contributed by atoms with Gasteiger partial charge in [-0.1, -0.05) is 72.8 Å². The zero-order valence-corrected chi connectivity index (χ0v) is 19.6. The van der Waals surface area contributed by atoms with Gasteiger partial charge in [0.2, 0.25) is 5.91 Å². The van der Waals surface area contributed by atoms with E-state index in [4.69, 9.17) is 9.15 Å². The highest BCUT2D eigenvalue weighted by atomic mass is 16.5. The summed E-state index contributed by atoms with van der Waals surface area (Å²) in [4.78, 5) is 27.8. The van der Waals surface area contributed by atoms with E-state index in [9.17, 15) is 9.59 Å². The summed E-state index contributed by atoms with van der Waals surface area (Å²) in [7, 11) is 0. The molecule has 1 amide bonds. The highest BCUT2D eigenvalue weighted by Gasteiger charge is 2.40. The number of carbonyl (C=O) groups is 2. The Morgan fingerprint density at radius 1 is 0.889 bits per heavy atom. The van der Waals surface area contributed by atoms with Crippen molar-refractivity contribution >= 4 is 17.6 Å². The largest absolute Gasteiger partial charge is 0.467 e. The third-order valence-corrected chi connectivity index (χ3v) is 6.20. The van der Waals surface area contributed by atoms with Gasteiger partial charge in [-0.3, -0.25) is 4.79 Å². The minimum absolute atomic E-state index is 0.0118. The van der Waals surface area contributed by atoms with E-state index in [1.54, 1.807) is 41.5 Å². The van der Waals surface area contributed by atoms with E-state index in [1.165, 1.54) is 0 Å². The van der Waals surface area contributed by atoms with Gasteiger partial charge in [-0.05, 0) is 42.0 Å². The molecule has 1 aliphatic rings. The highest BCUT2D eigenvalue weighted by Crippen LogP contribution is 2.36. The first-order valence-electron chi connectivity index (χ1n) is 11.8. The summed E-state index contributed by atoms with van der Waals surface area (Å²) >= 11 is 0. The summed E-state index contributed by atoms with van der Waals surface area (Å²) in [6.07, 6.45) is 5.07. The summed E-state index contributed by atoms with van der Waals surface area (Å²) in [5.74, 6) is 0.106. The molecule has 0 fully saturated rings. The third-order valence-electron chi connectivity index (χ3n) is 6.20. The SMILES string of the molecule is O=C(OC[C@@H](c1ccccc1)N1C(=O)C=C[C@@H]1[C@H](Nc1ccccc1)c1ccco1)c1ccccc1. The van der Waals surface area contributed by atoms with Gasteiger partial charge in [0.05, 0.1) is 23.9 Å². The average Bonchev–Trinajstić information content (AvgIpc) is 3.60. The Morgan fingerprint density at radius 3 is 2.22 bits per heavy atom. The van der Waals surface area contributed by atoms with E-state index in [2.05, 4.69) is 5.32 Å². The van der Waals surface area contributed by atoms with Gasteiger partial charge in [0.1, 0.15) is 18.4 Å². The van der Waals surface area contributed by atoms with Crippen LogP contribution in [0.25, 0.3) is 0 Å². The van der Waals surface area contributed by atoms with Crippen LogP contribution in [-0.2, 0) is 9.53 Å². The van der Waals surface area contributed by atoms with E-state index >= 15 is 0 Å². The van der Waals surface area contributed by atoms with Crippen LogP contribution in [0.5, 0.6) is 0 Å². The maximum atomic E-state index is 13.3. The number of furan rings is 1. The minimum Gasteiger partial charge on any atom is -0.467 e. The number of amides is 1. The van der Waals surface area contributed by atoms with Crippen LogP contribution in [-0.4, -0.2) is 29.4 Å². The van der Waals surface area contributed by atoms with Gasteiger partial charge in [-0.2, -0.15) is 0 Å². The molecule has 1 aromatic heterocycles. The molecule has 6 heteroatoms. The van der Waals surface area contributed by atoms with Gasteiger partial charge in [0.25, 0.3) is 0 Å². The van der Waals surface area contributed by atoms with Crippen molar-refractivity contribution in [3.63, 3.8) is 0 Å². The number of hydrogen-bond donors (Lipinski definition) is 1. The number of carbonyl (C=O) groups excluding carboxylic acids is 2. The normalized spacial score (nSPS) is 16.5. The van der Waals surface area contributed by atoms with Gasteiger partial charge >= 0.3 is 5.97 Å². The Balaban J connectivity index is 1.47. The standard InChI is InChI=1S/C30H26N2O4/c33-28-19-18-25(29(27-17-10-20-35-27)31-24-15-8-3-9-16-24)32(28)26(22-11-4-1-5-12-22)21-36-30(34)23-13-6-2-7-14-23/h1-20,25-26,29,31H,21H2/t25-,26+,29+/m1/s1. The lowest BCUT2D eigenvalue weighted by Gasteiger charge is -2.37. The fourth-order valence-corrected chi connectivity index (χ4v) is 4.47. The maximum absolute atomic E-state index is 13.3. The zero-order valence-electron chi connectivity index (χ0n) is 19.6. The Morgan fingerprint density at radius 2 is 1.56 bits per heavy atom. The van der Waals surface area contributed by atoms with E-state index in [0.29, 0.717) is 11.3 Å². The maximum Gasteiger partial charge on any atom is 0.338 e. The van der Waals surface area contributed by atoms with Crippen LogP contribution in [0.1, 0.15) is 33.8 Å². The quantitative estimate of drug-likeness (QED) is 0.308. The molecule has 1 N–H and O–H groups in total. The Hall–Kier alpha value is -4.58. The number of esters is 1. The summed E-state index contributed by atoms with van der Waals surface area (Å²) < 4.78 is 11.5. The molecule has 5 rings (SSSR count). The smallest absolute Gasteiger partial charge is 0.338 e. The second-order valence-corrected chi connectivity index (χ2v) is 8.49. The number of nitrogens with zero attached hydrogens (tertiary/aromatic N) is 1. The van der Waals surface area contributed by atoms with Crippen LogP contribution in [0, 0.1) is 0 Å². The van der Waals surface area contributed by atoms with Crippen molar-refractivity contribution in [2.75, 3.05) is 11.9 Å². The summed E-state index contributed by atoms with van der Waals surface area (Å²) in [5.41, 5.74) is 2.24. The van der Waals surface area contributed by atoms with Crippen LogP contribution in [0.15, 0.2) is 126 Å². The molecule has 1 aliphatic heterocycles. The van der Waals surface area contributed by atoms with Gasteiger partial charge in [0.15, 0.2) is 0 Å². The first kappa shape index (κ1) is 23.2. The minimum atomic E-state index is -0.499. The van der Waals surface area contributed by atoms with Crippen molar-refractivity contribution in [3.8, 4) is 0 Å². The molecular formula is C30H26N2O4. The van der Waals surface area contributed by atoms with Crippen molar-refractivity contribution in [1.29, 1.82) is 0 Å². The molecule has 180 valence electrons. The van der Waals surface area contributed by atoms with Gasteiger partial charge in [0, 0.05) is 11.8 Å². The fourth-order valence-electron chi connectivity index (χ4n) is 4.47. The number of benzene rings is 3. The first-order valence-corrected chi connectivity index (χ1v) is 11.8. The predicted octanol–water partition coefficient (Wildman–Crippen LogP) is 5.80. The molecule has 3 aromatic carbocycles. The van der Waals surface area contributed by atoms with Crippen LogP contribution in [0.4, 0.5) is 5.69 Å². The summed E-state index contributed by atoms with van der Waals surface area (Å²) in [6, 6.07) is 30.7. The lowest BCUT2D eigenvalue weighted by molar-refractivity contribution is -0.130. The second kappa shape index (κ2) is 10.8. The second-order valence-electron chi connectivity index (χ2n) is 8.49. The topological polar surface area (TPSA) is 71.8 Å². The van der Waals surface area contributed by atoms with Crippen LogP contribution < -0.4 is 5.32 Å². The number of rotatable bonds is 9. The van der Waals surface area contributed by atoms with Crippen LogP contribution in [0.3, 0.4) is 0 Å². The van der Waals surface area contributed by atoms with Gasteiger partial charge in [-0.15, -0.1) is 0 Å². The number of nitrogens with one attached hydrogen (secondary N) is 1. The van der Waals surface area contributed by atoms with Crippen molar-refractivity contribution in [2.24, 2.45) is 0 Å².